The lowest BCUT2D eigenvalue weighted by Crippen LogP contribution is -2.57. The first-order valence-electron chi connectivity index (χ1n) is 7.23. The van der Waals surface area contributed by atoms with Crippen molar-refractivity contribution in [2.75, 3.05) is 7.05 Å². The summed E-state index contributed by atoms with van der Waals surface area (Å²) in [5.41, 5.74) is 0.373. The Morgan fingerprint density at radius 3 is 2.40 bits per heavy atom. The van der Waals surface area contributed by atoms with Gasteiger partial charge in [0.25, 0.3) is 0 Å². The molecule has 112 valence electrons. The SMILES string of the molecule is CCC1(CC)C(NC)CC1c1cccc(C(F)(F)F)c1. The molecule has 2 atom stereocenters. The quantitative estimate of drug-likeness (QED) is 0.853. The molecule has 1 aromatic carbocycles. The molecule has 0 aliphatic heterocycles. The molecule has 2 rings (SSSR count). The lowest BCUT2D eigenvalue weighted by Gasteiger charge is -2.56. The van der Waals surface area contributed by atoms with Crippen LogP contribution in [0.3, 0.4) is 0 Å². The Morgan fingerprint density at radius 1 is 1.25 bits per heavy atom. The van der Waals surface area contributed by atoms with Crippen LogP contribution in [0.15, 0.2) is 24.3 Å². The first-order valence-corrected chi connectivity index (χ1v) is 7.23. The topological polar surface area (TPSA) is 12.0 Å². The van der Waals surface area contributed by atoms with Gasteiger partial charge in [-0.05, 0) is 49.3 Å². The number of rotatable bonds is 4. The van der Waals surface area contributed by atoms with E-state index < -0.39 is 11.7 Å². The Morgan fingerprint density at radius 2 is 1.90 bits per heavy atom. The molecular formula is C16H22F3N. The molecule has 0 bridgehead atoms. The Kier molecular flexibility index (Phi) is 4.14. The summed E-state index contributed by atoms with van der Waals surface area (Å²) in [5.74, 6) is 0.220. The van der Waals surface area contributed by atoms with Crippen LogP contribution in [-0.2, 0) is 6.18 Å². The van der Waals surface area contributed by atoms with Gasteiger partial charge >= 0.3 is 6.18 Å². The van der Waals surface area contributed by atoms with Crippen molar-refractivity contribution in [1.82, 2.24) is 5.32 Å². The summed E-state index contributed by atoms with van der Waals surface area (Å²) in [4.78, 5) is 0. The van der Waals surface area contributed by atoms with E-state index in [0.717, 1.165) is 30.9 Å². The average molecular weight is 285 g/mol. The minimum atomic E-state index is -4.26. The van der Waals surface area contributed by atoms with Gasteiger partial charge in [0, 0.05) is 6.04 Å². The molecule has 0 spiro atoms. The van der Waals surface area contributed by atoms with E-state index in [1.807, 2.05) is 13.1 Å². The van der Waals surface area contributed by atoms with Crippen molar-refractivity contribution in [2.45, 2.75) is 51.2 Å². The molecule has 4 heteroatoms. The number of nitrogens with one attached hydrogen (secondary N) is 1. The highest BCUT2D eigenvalue weighted by molar-refractivity contribution is 5.33. The van der Waals surface area contributed by atoms with Crippen molar-refractivity contribution in [3.8, 4) is 0 Å². The van der Waals surface area contributed by atoms with Gasteiger partial charge in [-0.1, -0.05) is 32.0 Å². The average Bonchev–Trinajstić information content (AvgIpc) is 2.39. The summed E-state index contributed by atoms with van der Waals surface area (Å²) < 4.78 is 38.5. The fourth-order valence-corrected chi connectivity index (χ4v) is 3.83. The van der Waals surface area contributed by atoms with Gasteiger partial charge in [-0.3, -0.25) is 0 Å². The maximum Gasteiger partial charge on any atom is 0.416 e. The van der Waals surface area contributed by atoms with Gasteiger partial charge in [0.1, 0.15) is 0 Å². The minimum Gasteiger partial charge on any atom is -0.316 e. The largest absolute Gasteiger partial charge is 0.416 e. The number of halogens is 3. The van der Waals surface area contributed by atoms with Crippen LogP contribution in [0.1, 0.15) is 50.2 Å². The van der Waals surface area contributed by atoms with Gasteiger partial charge in [0.15, 0.2) is 0 Å². The lowest BCUT2D eigenvalue weighted by atomic mass is 9.52. The van der Waals surface area contributed by atoms with Crippen molar-refractivity contribution >= 4 is 0 Å². The Bertz CT molecular complexity index is 463. The lowest BCUT2D eigenvalue weighted by molar-refractivity contribution is -0.137. The van der Waals surface area contributed by atoms with Crippen molar-refractivity contribution in [3.05, 3.63) is 35.4 Å². The summed E-state index contributed by atoms with van der Waals surface area (Å²) in [6, 6.07) is 6.25. The number of alkyl halides is 3. The summed E-state index contributed by atoms with van der Waals surface area (Å²) in [6.07, 6.45) is -1.38. The number of benzene rings is 1. The first kappa shape index (κ1) is 15.4. The van der Waals surface area contributed by atoms with Gasteiger partial charge in [-0.2, -0.15) is 13.2 Å². The molecule has 2 unspecified atom stereocenters. The molecule has 20 heavy (non-hydrogen) atoms. The summed E-state index contributed by atoms with van der Waals surface area (Å²) in [5, 5.41) is 3.32. The van der Waals surface area contributed by atoms with Crippen molar-refractivity contribution in [2.24, 2.45) is 5.41 Å². The molecule has 1 aliphatic rings. The molecule has 0 heterocycles. The Hall–Kier alpha value is -1.03. The van der Waals surface area contributed by atoms with Crippen LogP contribution in [0.5, 0.6) is 0 Å². The van der Waals surface area contributed by atoms with E-state index in [-0.39, 0.29) is 11.3 Å². The standard InChI is InChI=1S/C16H22F3N/c1-4-15(5-2)13(10-14(15)20-3)11-7-6-8-12(9-11)16(17,18)19/h6-9,13-14,20H,4-5,10H2,1-3H3. The van der Waals surface area contributed by atoms with E-state index in [1.165, 1.54) is 12.1 Å². The van der Waals surface area contributed by atoms with Crippen LogP contribution in [0.25, 0.3) is 0 Å². The normalized spacial score (nSPS) is 25.3. The van der Waals surface area contributed by atoms with Crippen LogP contribution in [0.2, 0.25) is 0 Å². The van der Waals surface area contributed by atoms with Gasteiger partial charge < -0.3 is 5.32 Å². The maximum absolute atomic E-state index is 12.8. The Balaban J connectivity index is 2.33. The second-order valence-electron chi connectivity index (χ2n) is 5.69. The fourth-order valence-electron chi connectivity index (χ4n) is 3.83. The van der Waals surface area contributed by atoms with Crippen LogP contribution in [0.4, 0.5) is 13.2 Å². The second kappa shape index (κ2) is 5.40. The molecule has 1 fully saturated rings. The maximum atomic E-state index is 12.8. The Labute approximate surface area is 118 Å². The van der Waals surface area contributed by atoms with Crippen LogP contribution in [-0.4, -0.2) is 13.1 Å². The highest BCUT2D eigenvalue weighted by Crippen LogP contribution is 2.57. The molecule has 1 nitrogen and oxygen atoms in total. The molecular weight excluding hydrogens is 263 g/mol. The summed E-state index contributed by atoms with van der Waals surface area (Å²) in [7, 11) is 1.94. The smallest absolute Gasteiger partial charge is 0.316 e. The number of hydrogen-bond acceptors (Lipinski definition) is 1. The zero-order chi connectivity index (χ0) is 15.0. The predicted octanol–water partition coefficient (Wildman–Crippen LogP) is 4.59. The van der Waals surface area contributed by atoms with E-state index in [2.05, 4.69) is 19.2 Å². The van der Waals surface area contributed by atoms with Crippen molar-refractivity contribution < 1.29 is 13.2 Å². The van der Waals surface area contributed by atoms with E-state index in [9.17, 15) is 13.2 Å². The van der Waals surface area contributed by atoms with E-state index in [1.54, 1.807) is 0 Å². The molecule has 1 aliphatic carbocycles. The monoisotopic (exact) mass is 285 g/mol. The van der Waals surface area contributed by atoms with Gasteiger partial charge in [-0.25, -0.2) is 0 Å². The molecule has 0 radical (unpaired) electrons. The highest BCUT2D eigenvalue weighted by Gasteiger charge is 2.52. The number of hydrogen-bond donors (Lipinski definition) is 1. The van der Waals surface area contributed by atoms with Crippen molar-refractivity contribution in [1.29, 1.82) is 0 Å². The van der Waals surface area contributed by atoms with Crippen LogP contribution in [0, 0.1) is 5.41 Å². The van der Waals surface area contributed by atoms with E-state index >= 15 is 0 Å². The molecule has 0 saturated heterocycles. The summed E-state index contributed by atoms with van der Waals surface area (Å²) >= 11 is 0. The third-order valence-electron chi connectivity index (χ3n) is 5.14. The van der Waals surface area contributed by atoms with Crippen LogP contribution < -0.4 is 5.32 Å². The fraction of sp³-hybridized carbons (Fsp3) is 0.625. The third kappa shape index (κ3) is 2.34. The first-order chi connectivity index (χ1) is 9.39. The minimum absolute atomic E-state index is 0.0823. The molecule has 1 saturated carbocycles. The molecule has 0 aromatic heterocycles. The van der Waals surface area contributed by atoms with E-state index in [4.69, 9.17) is 0 Å². The van der Waals surface area contributed by atoms with Gasteiger partial charge in [-0.15, -0.1) is 0 Å². The van der Waals surface area contributed by atoms with E-state index in [0.29, 0.717) is 6.04 Å². The zero-order valence-electron chi connectivity index (χ0n) is 12.2. The summed E-state index contributed by atoms with van der Waals surface area (Å²) in [6.45, 7) is 4.27. The van der Waals surface area contributed by atoms with Crippen LogP contribution >= 0.6 is 0 Å². The molecule has 1 N–H and O–H groups in total. The van der Waals surface area contributed by atoms with Gasteiger partial charge in [0.05, 0.1) is 5.56 Å². The van der Waals surface area contributed by atoms with Crippen molar-refractivity contribution in [3.63, 3.8) is 0 Å². The highest BCUT2D eigenvalue weighted by atomic mass is 19.4. The third-order valence-corrected chi connectivity index (χ3v) is 5.14. The predicted molar refractivity (Wildman–Crippen MR) is 74.7 cm³/mol. The second-order valence-corrected chi connectivity index (χ2v) is 5.69. The molecule has 1 aromatic rings. The molecule has 0 amide bonds. The van der Waals surface area contributed by atoms with Gasteiger partial charge in [0.2, 0.25) is 0 Å². The zero-order valence-corrected chi connectivity index (χ0v) is 12.2.